The fourth-order valence-corrected chi connectivity index (χ4v) is 2.78. The van der Waals surface area contributed by atoms with Crippen molar-refractivity contribution in [3.63, 3.8) is 0 Å². The molecule has 8 heteroatoms. The fourth-order valence-electron chi connectivity index (χ4n) is 2.21. The van der Waals surface area contributed by atoms with Crippen LogP contribution in [0.4, 0.5) is 5.69 Å². The maximum atomic E-state index is 12.2. The van der Waals surface area contributed by atoms with E-state index in [4.69, 9.17) is 11.6 Å². The molecule has 0 fully saturated rings. The summed E-state index contributed by atoms with van der Waals surface area (Å²) in [5, 5.41) is 8.56. The molecule has 0 aliphatic rings. The van der Waals surface area contributed by atoms with Crippen LogP contribution in [0.15, 0.2) is 46.9 Å². The molecule has 0 aromatic heterocycles. The molecule has 0 radical (unpaired) electrons. The summed E-state index contributed by atoms with van der Waals surface area (Å²) in [6, 6.07) is 11.6. The smallest absolute Gasteiger partial charge is 0.252 e. The average molecular weight is 467 g/mol. The van der Waals surface area contributed by atoms with Crippen LogP contribution in [0.2, 0.25) is 5.02 Å². The van der Waals surface area contributed by atoms with Gasteiger partial charge in [-0.3, -0.25) is 14.4 Å². The third-order valence-corrected chi connectivity index (χ3v) is 4.63. The number of anilines is 1. The van der Waals surface area contributed by atoms with Crippen molar-refractivity contribution >= 4 is 50.9 Å². The summed E-state index contributed by atoms with van der Waals surface area (Å²) in [7, 11) is 0. The van der Waals surface area contributed by atoms with Crippen molar-refractivity contribution in [1.29, 1.82) is 0 Å². The Morgan fingerprint density at radius 1 is 0.964 bits per heavy atom. The summed E-state index contributed by atoms with van der Waals surface area (Å²) >= 11 is 9.32. The lowest BCUT2D eigenvalue weighted by atomic mass is 10.1. The van der Waals surface area contributed by atoms with Crippen LogP contribution in [0.3, 0.4) is 0 Å². The lowest BCUT2D eigenvalue weighted by Crippen LogP contribution is -2.34. The zero-order valence-electron chi connectivity index (χ0n) is 15.5. The van der Waals surface area contributed by atoms with E-state index in [-0.39, 0.29) is 36.7 Å². The van der Waals surface area contributed by atoms with E-state index in [1.807, 2.05) is 0 Å². The number of hydrogen-bond acceptors (Lipinski definition) is 3. The standard InChI is InChI=1S/C20H21BrClN3O3/c1-12(2)18(26)25-15-6-3-13(4-7-15)19(27)23-9-10-24-20(28)16-11-14(21)5-8-17(16)22/h3-8,11-12H,9-10H2,1-2H3,(H,23,27)(H,24,28)(H,25,26). The molecule has 2 aromatic rings. The lowest BCUT2D eigenvalue weighted by molar-refractivity contribution is -0.118. The summed E-state index contributed by atoms with van der Waals surface area (Å²) in [6.07, 6.45) is 0. The highest BCUT2D eigenvalue weighted by molar-refractivity contribution is 9.10. The Balaban J connectivity index is 1.80. The highest BCUT2D eigenvalue weighted by Crippen LogP contribution is 2.20. The summed E-state index contributed by atoms with van der Waals surface area (Å²) in [4.78, 5) is 36.0. The molecule has 0 saturated heterocycles. The van der Waals surface area contributed by atoms with Gasteiger partial charge in [0, 0.05) is 34.7 Å². The van der Waals surface area contributed by atoms with Crippen molar-refractivity contribution in [1.82, 2.24) is 10.6 Å². The minimum atomic E-state index is -0.314. The second-order valence-corrected chi connectivity index (χ2v) is 7.68. The van der Waals surface area contributed by atoms with Crippen LogP contribution < -0.4 is 16.0 Å². The summed E-state index contributed by atoms with van der Waals surface area (Å²) in [6.45, 7) is 4.14. The molecule has 0 spiro atoms. The van der Waals surface area contributed by atoms with Gasteiger partial charge < -0.3 is 16.0 Å². The van der Waals surface area contributed by atoms with Crippen molar-refractivity contribution in [3.05, 3.63) is 63.1 Å². The molecule has 0 aliphatic carbocycles. The first-order valence-electron chi connectivity index (χ1n) is 8.70. The Morgan fingerprint density at radius 2 is 1.57 bits per heavy atom. The summed E-state index contributed by atoms with van der Waals surface area (Å²) in [5.74, 6) is -0.786. The summed E-state index contributed by atoms with van der Waals surface area (Å²) in [5.41, 5.74) is 1.46. The van der Waals surface area contributed by atoms with E-state index < -0.39 is 0 Å². The maximum Gasteiger partial charge on any atom is 0.252 e. The van der Waals surface area contributed by atoms with Gasteiger partial charge in [0.25, 0.3) is 11.8 Å². The number of nitrogens with one attached hydrogen (secondary N) is 3. The Kier molecular flexibility index (Phi) is 8.02. The van der Waals surface area contributed by atoms with E-state index >= 15 is 0 Å². The van der Waals surface area contributed by atoms with Crippen LogP contribution in [0, 0.1) is 5.92 Å². The minimum Gasteiger partial charge on any atom is -0.350 e. The van der Waals surface area contributed by atoms with Gasteiger partial charge in [0.1, 0.15) is 0 Å². The van der Waals surface area contributed by atoms with Crippen LogP contribution in [-0.4, -0.2) is 30.8 Å². The molecule has 0 unspecified atom stereocenters. The third-order valence-electron chi connectivity index (χ3n) is 3.81. The first-order chi connectivity index (χ1) is 13.3. The number of rotatable bonds is 7. The number of carbonyl (C=O) groups is 3. The van der Waals surface area contributed by atoms with Gasteiger partial charge in [-0.1, -0.05) is 41.4 Å². The van der Waals surface area contributed by atoms with Crippen molar-refractivity contribution in [2.75, 3.05) is 18.4 Å². The van der Waals surface area contributed by atoms with Gasteiger partial charge in [-0.15, -0.1) is 0 Å². The van der Waals surface area contributed by atoms with Crippen LogP contribution in [0.1, 0.15) is 34.6 Å². The molecule has 148 valence electrons. The summed E-state index contributed by atoms with van der Waals surface area (Å²) < 4.78 is 0.753. The van der Waals surface area contributed by atoms with Crippen molar-refractivity contribution in [3.8, 4) is 0 Å². The van der Waals surface area contributed by atoms with Gasteiger partial charge >= 0.3 is 0 Å². The Morgan fingerprint density at radius 3 is 2.18 bits per heavy atom. The fraction of sp³-hybridized carbons (Fsp3) is 0.250. The SMILES string of the molecule is CC(C)C(=O)Nc1ccc(C(=O)NCCNC(=O)c2cc(Br)ccc2Cl)cc1. The molecule has 6 nitrogen and oxygen atoms in total. The van der Waals surface area contributed by atoms with Crippen LogP contribution in [-0.2, 0) is 4.79 Å². The quantitative estimate of drug-likeness (QED) is 0.542. The van der Waals surface area contributed by atoms with Gasteiger partial charge in [0.15, 0.2) is 0 Å². The van der Waals surface area contributed by atoms with Crippen molar-refractivity contribution in [2.24, 2.45) is 5.92 Å². The number of carbonyl (C=O) groups excluding carboxylic acids is 3. The molecule has 2 aromatic carbocycles. The maximum absolute atomic E-state index is 12.2. The largest absolute Gasteiger partial charge is 0.350 e. The molecule has 0 bridgehead atoms. The predicted molar refractivity (Wildman–Crippen MR) is 114 cm³/mol. The van der Waals surface area contributed by atoms with Gasteiger partial charge in [-0.2, -0.15) is 0 Å². The van der Waals surface area contributed by atoms with Gasteiger partial charge in [0.05, 0.1) is 10.6 Å². The molecule has 0 heterocycles. The minimum absolute atomic E-state index is 0.0847. The third kappa shape index (κ3) is 6.35. The number of benzene rings is 2. The molecule has 0 aliphatic heterocycles. The normalized spacial score (nSPS) is 10.5. The van der Waals surface area contributed by atoms with E-state index in [9.17, 15) is 14.4 Å². The van der Waals surface area contributed by atoms with E-state index in [0.29, 0.717) is 21.8 Å². The van der Waals surface area contributed by atoms with Gasteiger partial charge in [-0.05, 0) is 42.5 Å². The topological polar surface area (TPSA) is 87.3 Å². The average Bonchev–Trinajstić information content (AvgIpc) is 2.67. The van der Waals surface area contributed by atoms with E-state index in [0.717, 1.165) is 4.47 Å². The Bertz CT molecular complexity index is 869. The van der Waals surface area contributed by atoms with Crippen LogP contribution in [0.25, 0.3) is 0 Å². The molecule has 28 heavy (non-hydrogen) atoms. The monoisotopic (exact) mass is 465 g/mol. The zero-order valence-corrected chi connectivity index (χ0v) is 17.9. The number of halogens is 2. The molecular formula is C20H21BrClN3O3. The lowest BCUT2D eigenvalue weighted by Gasteiger charge is -2.10. The second kappa shape index (κ2) is 10.2. The number of hydrogen-bond donors (Lipinski definition) is 3. The Hall–Kier alpha value is -2.38. The van der Waals surface area contributed by atoms with E-state index in [1.54, 1.807) is 56.3 Å². The first kappa shape index (κ1) is 21.9. The molecule has 2 rings (SSSR count). The molecule has 3 amide bonds. The molecule has 3 N–H and O–H groups in total. The second-order valence-electron chi connectivity index (χ2n) is 6.36. The van der Waals surface area contributed by atoms with Crippen LogP contribution in [0.5, 0.6) is 0 Å². The van der Waals surface area contributed by atoms with Crippen LogP contribution >= 0.6 is 27.5 Å². The van der Waals surface area contributed by atoms with Crippen molar-refractivity contribution < 1.29 is 14.4 Å². The zero-order chi connectivity index (χ0) is 20.7. The highest BCUT2D eigenvalue weighted by atomic mass is 79.9. The Labute approximate surface area is 177 Å². The molecular weight excluding hydrogens is 446 g/mol. The first-order valence-corrected chi connectivity index (χ1v) is 9.87. The highest BCUT2D eigenvalue weighted by Gasteiger charge is 2.11. The van der Waals surface area contributed by atoms with Gasteiger partial charge in [0.2, 0.25) is 5.91 Å². The van der Waals surface area contributed by atoms with E-state index in [1.165, 1.54) is 0 Å². The van der Waals surface area contributed by atoms with Gasteiger partial charge in [-0.25, -0.2) is 0 Å². The van der Waals surface area contributed by atoms with Crippen molar-refractivity contribution in [2.45, 2.75) is 13.8 Å². The molecule has 0 saturated carbocycles. The van der Waals surface area contributed by atoms with E-state index in [2.05, 4.69) is 31.9 Å². The molecule has 0 atom stereocenters. The number of amides is 3. The predicted octanol–water partition coefficient (Wildman–Crippen LogP) is 3.86.